The van der Waals surface area contributed by atoms with Gasteiger partial charge < -0.3 is 19.6 Å². The third-order valence-corrected chi connectivity index (χ3v) is 4.48. The van der Waals surface area contributed by atoms with E-state index in [1.807, 2.05) is 20.8 Å². The quantitative estimate of drug-likeness (QED) is 0.730. The Morgan fingerprint density at radius 1 is 1.24 bits per heavy atom. The molecule has 0 aromatic heterocycles. The Morgan fingerprint density at radius 3 is 2.29 bits per heavy atom. The molecule has 6 heteroatoms. The largest absolute Gasteiger partial charge is 0.481 e. The normalized spacial score (nSPS) is 17.6. The maximum Gasteiger partial charge on any atom is 0.320 e. The zero-order valence-corrected chi connectivity index (χ0v) is 13.4. The zero-order chi connectivity index (χ0) is 15.9. The highest BCUT2D eigenvalue weighted by molar-refractivity contribution is 5.77. The van der Waals surface area contributed by atoms with Crippen LogP contribution in [0.1, 0.15) is 40.0 Å². The van der Waals surface area contributed by atoms with E-state index in [2.05, 4.69) is 0 Å². The van der Waals surface area contributed by atoms with Crippen molar-refractivity contribution >= 4 is 12.0 Å². The molecule has 0 aliphatic carbocycles. The predicted octanol–water partition coefficient (Wildman–Crippen LogP) is 2.04. The summed E-state index contributed by atoms with van der Waals surface area (Å²) in [6.45, 7) is 9.23. The van der Waals surface area contributed by atoms with E-state index < -0.39 is 11.4 Å². The van der Waals surface area contributed by atoms with E-state index in [4.69, 9.17) is 4.74 Å². The summed E-state index contributed by atoms with van der Waals surface area (Å²) in [7, 11) is 0. The summed E-state index contributed by atoms with van der Waals surface area (Å²) in [5.74, 6) is -0.735. The van der Waals surface area contributed by atoms with Gasteiger partial charge in [-0.05, 0) is 33.1 Å². The van der Waals surface area contributed by atoms with Crippen LogP contribution in [0, 0.1) is 5.41 Å². The second kappa shape index (κ2) is 8.22. The minimum atomic E-state index is -0.735. The van der Waals surface area contributed by atoms with Gasteiger partial charge in [-0.15, -0.1) is 0 Å². The molecule has 1 fully saturated rings. The summed E-state index contributed by atoms with van der Waals surface area (Å²) < 4.78 is 5.30. The molecular weight excluding hydrogens is 272 g/mol. The van der Waals surface area contributed by atoms with E-state index in [9.17, 15) is 14.7 Å². The molecule has 0 aromatic rings. The number of aliphatic carboxylic acids is 1. The van der Waals surface area contributed by atoms with E-state index in [-0.39, 0.29) is 6.03 Å². The molecule has 1 heterocycles. The molecule has 1 aliphatic heterocycles. The van der Waals surface area contributed by atoms with Crippen molar-refractivity contribution in [2.75, 3.05) is 39.4 Å². The molecule has 1 saturated heterocycles. The fourth-order valence-electron chi connectivity index (χ4n) is 2.75. The van der Waals surface area contributed by atoms with Crippen molar-refractivity contribution in [1.82, 2.24) is 9.80 Å². The number of carboxylic acid groups (broad SMARTS) is 1. The Kier molecular flexibility index (Phi) is 6.95. The summed E-state index contributed by atoms with van der Waals surface area (Å²) in [4.78, 5) is 27.4. The lowest BCUT2D eigenvalue weighted by Gasteiger charge is -2.40. The third kappa shape index (κ3) is 4.33. The van der Waals surface area contributed by atoms with E-state index in [0.29, 0.717) is 58.7 Å². The van der Waals surface area contributed by atoms with Crippen LogP contribution >= 0.6 is 0 Å². The summed E-state index contributed by atoms with van der Waals surface area (Å²) in [6, 6.07) is -0.00713. The van der Waals surface area contributed by atoms with Crippen molar-refractivity contribution < 1.29 is 19.4 Å². The highest BCUT2D eigenvalue weighted by atomic mass is 16.5. The molecule has 1 rings (SSSR count). The Morgan fingerprint density at radius 2 is 1.86 bits per heavy atom. The lowest BCUT2D eigenvalue weighted by Crippen LogP contribution is -2.51. The number of carbonyl (C=O) groups is 2. The van der Waals surface area contributed by atoms with Gasteiger partial charge in [0, 0.05) is 32.8 Å². The SMILES string of the molecule is CCOCCN(CC)C(=O)N1CCC(CC)(C(=O)O)CC1. The average molecular weight is 300 g/mol. The van der Waals surface area contributed by atoms with Crippen LogP contribution in [-0.4, -0.2) is 66.3 Å². The lowest BCUT2D eigenvalue weighted by molar-refractivity contribution is -0.152. The highest BCUT2D eigenvalue weighted by Gasteiger charge is 2.41. The molecule has 0 aromatic carbocycles. The third-order valence-electron chi connectivity index (χ3n) is 4.48. The molecule has 122 valence electrons. The van der Waals surface area contributed by atoms with Crippen molar-refractivity contribution in [3.63, 3.8) is 0 Å². The molecular formula is C15H28N2O4. The highest BCUT2D eigenvalue weighted by Crippen LogP contribution is 2.35. The van der Waals surface area contributed by atoms with Gasteiger partial charge in [-0.1, -0.05) is 6.92 Å². The van der Waals surface area contributed by atoms with E-state index in [1.165, 1.54) is 0 Å². The Labute approximate surface area is 127 Å². The number of ether oxygens (including phenoxy) is 1. The standard InChI is InChI=1S/C15H28N2O4/c1-4-15(13(18)19)7-9-17(10-8-15)14(20)16(5-2)11-12-21-6-3/h4-12H2,1-3H3,(H,18,19). The van der Waals surface area contributed by atoms with Gasteiger partial charge in [-0.25, -0.2) is 4.79 Å². The van der Waals surface area contributed by atoms with Gasteiger partial charge in [0.05, 0.1) is 12.0 Å². The monoisotopic (exact) mass is 300 g/mol. The molecule has 6 nitrogen and oxygen atoms in total. The van der Waals surface area contributed by atoms with Crippen LogP contribution in [0.5, 0.6) is 0 Å². The second-order valence-corrected chi connectivity index (χ2v) is 5.49. The topological polar surface area (TPSA) is 70.1 Å². The zero-order valence-electron chi connectivity index (χ0n) is 13.4. The lowest BCUT2D eigenvalue weighted by atomic mass is 9.76. The molecule has 1 aliphatic rings. The number of piperidine rings is 1. The number of likely N-dealkylation sites (tertiary alicyclic amines) is 1. The summed E-state index contributed by atoms with van der Waals surface area (Å²) in [6.07, 6.45) is 1.69. The van der Waals surface area contributed by atoms with Crippen LogP contribution in [0.2, 0.25) is 0 Å². The summed E-state index contributed by atoms with van der Waals surface area (Å²) >= 11 is 0. The molecule has 0 spiro atoms. The van der Waals surface area contributed by atoms with Crippen LogP contribution in [0.3, 0.4) is 0 Å². The molecule has 0 bridgehead atoms. The molecule has 21 heavy (non-hydrogen) atoms. The molecule has 0 unspecified atom stereocenters. The predicted molar refractivity (Wildman–Crippen MR) is 80.3 cm³/mol. The van der Waals surface area contributed by atoms with Gasteiger partial charge in [0.2, 0.25) is 0 Å². The van der Waals surface area contributed by atoms with E-state index in [0.717, 1.165) is 0 Å². The number of likely N-dealkylation sites (N-methyl/N-ethyl adjacent to an activating group) is 1. The fraction of sp³-hybridized carbons (Fsp3) is 0.867. The molecule has 1 N–H and O–H groups in total. The first-order valence-corrected chi connectivity index (χ1v) is 7.85. The Balaban J connectivity index is 2.55. The number of carboxylic acids is 1. The van der Waals surface area contributed by atoms with Crippen molar-refractivity contribution in [2.24, 2.45) is 5.41 Å². The smallest absolute Gasteiger partial charge is 0.320 e. The van der Waals surface area contributed by atoms with Crippen molar-refractivity contribution in [3.05, 3.63) is 0 Å². The average Bonchev–Trinajstić information content (AvgIpc) is 2.51. The molecule has 0 radical (unpaired) electrons. The first kappa shape index (κ1) is 17.8. The summed E-state index contributed by atoms with van der Waals surface area (Å²) in [5.41, 5.74) is -0.654. The summed E-state index contributed by atoms with van der Waals surface area (Å²) in [5, 5.41) is 9.38. The van der Waals surface area contributed by atoms with Gasteiger partial charge in [0.1, 0.15) is 0 Å². The number of rotatable bonds is 7. The Hall–Kier alpha value is -1.30. The van der Waals surface area contributed by atoms with Crippen LogP contribution in [0.25, 0.3) is 0 Å². The molecule has 0 atom stereocenters. The van der Waals surface area contributed by atoms with E-state index in [1.54, 1.807) is 9.80 Å². The van der Waals surface area contributed by atoms with Gasteiger partial charge in [-0.2, -0.15) is 0 Å². The van der Waals surface area contributed by atoms with Gasteiger partial charge in [0.15, 0.2) is 0 Å². The van der Waals surface area contributed by atoms with Crippen LogP contribution in [0.15, 0.2) is 0 Å². The van der Waals surface area contributed by atoms with Crippen LogP contribution < -0.4 is 0 Å². The van der Waals surface area contributed by atoms with Crippen LogP contribution in [0.4, 0.5) is 4.79 Å². The number of urea groups is 1. The minimum Gasteiger partial charge on any atom is -0.481 e. The first-order valence-electron chi connectivity index (χ1n) is 7.85. The number of carbonyl (C=O) groups excluding carboxylic acids is 1. The van der Waals surface area contributed by atoms with Gasteiger partial charge in [0.25, 0.3) is 0 Å². The van der Waals surface area contributed by atoms with Crippen molar-refractivity contribution in [3.8, 4) is 0 Å². The van der Waals surface area contributed by atoms with Gasteiger partial charge >= 0.3 is 12.0 Å². The van der Waals surface area contributed by atoms with Crippen molar-refractivity contribution in [2.45, 2.75) is 40.0 Å². The van der Waals surface area contributed by atoms with E-state index >= 15 is 0 Å². The maximum atomic E-state index is 12.4. The fourth-order valence-corrected chi connectivity index (χ4v) is 2.75. The minimum absolute atomic E-state index is 0.00713. The maximum absolute atomic E-state index is 12.4. The van der Waals surface area contributed by atoms with Gasteiger partial charge in [-0.3, -0.25) is 4.79 Å². The molecule has 0 saturated carbocycles. The number of hydrogen-bond donors (Lipinski definition) is 1. The number of nitrogens with zero attached hydrogens (tertiary/aromatic N) is 2. The number of hydrogen-bond acceptors (Lipinski definition) is 3. The number of amides is 2. The molecule has 2 amide bonds. The van der Waals surface area contributed by atoms with Crippen LogP contribution in [-0.2, 0) is 9.53 Å². The Bertz CT molecular complexity index is 352. The van der Waals surface area contributed by atoms with Crippen molar-refractivity contribution in [1.29, 1.82) is 0 Å². The first-order chi connectivity index (χ1) is 10.0. The second-order valence-electron chi connectivity index (χ2n) is 5.49.